The van der Waals surface area contributed by atoms with Crippen molar-refractivity contribution in [1.29, 1.82) is 0 Å². The number of carbonyl (C=O) groups is 1. The minimum absolute atomic E-state index is 0.0300. The van der Waals surface area contributed by atoms with Crippen molar-refractivity contribution in [3.05, 3.63) is 63.9 Å². The number of nitrogens with zero attached hydrogens (tertiary/aromatic N) is 1. The highest BCUT2D eigenvalue weighted by atomic mass is 35.5. The van der Waals surface area contributed by atoms with Crippen LogP contribution in [0.2, 0.25) is 5.02 Å². The molecule has 22 heavy (non-hydrogen) atoms. The van der Waals surface area contributed by atoms with Crippen LogP contribution >= 0.6 is 23.4 Å². The molecule has 2 aromatic rings. The van der Waals surface area contributed by atoms with E-state index in [9.17, 15) is 9.18 Å². The van der Waals surface area contributed by atoms with E-state index in [4.69, 9.17) is 11.6 Å². The number of carbonyl (C=O) groups excluding carboxylic acids is 1. The molecule has 0 bridgehead atoms. The Labute approximate surface area is 138 Å². The second kappa shape index (κ2) is 5.94. The van der Waals surface area contributed by atoms with Gasteiger partial charge in [-0.25, -0.2) is 4.39 Å². The Morgan fingerprint density at radius 1 is 1.23 bits per heavy atom. The van der Waals surface area contributed by atoms with E-state index in [1.54, 1.807) is 17.0 Å². The van der Waals surface area contributed by atoms with E-state index >= 15 is 0 Å². The van der Waals surface area contributed by atoms with Crippen LogP contribution in [-0.4, -0.2) is 11.7 Å². The molecule has 0 N–H and O–H groups in total. The molecule has 1 fully saturated rings. The summed E-state index contributed by atoms with van der Waals surface area (Å²) in [5, 5.41) is -0.0793. The second-order valence-electron chi connectivity index (χ2n) is 5.33. The third-order valence-corrected chi connectivity index (χ3v) is 5.39. The fourth-order valence-electron chi connectivity index (χ4n) is 2.54. The van der Waals surface area contributed by atoms with Crippen molar-refractivity contribution in [2.75, 3.05) is 10.7 Å². The maximum atomic E-state index is 14.2. The number of anilines is 1. The number of hydrogen-bond donors (Lipinski definition) is 0. The first-order chi connectivity index (χ1) is 10.5. The molecule has 1 unspecified atom stereocenters. The topological polar surface area (TPSA) is 20.3 Å². The lowest BCUT2D eigenvalue weighted by molar-refractivity contribution is -0.115. The quantitative estimate of drug-likeness (QED) is 0.780. The first-order valence-corrected chi connectivity index (χ1v) is 8.36. The molecule has 1 atom stereocenters. The van der Waals surface area contributed by atoms with Crippen LogP contribution in [0, 0.1) is 19.7 Å². The van der Waals surface area contributed by atoms with E-state index < -0.39 is 5.37 Å². The molecule has 1 aliphatic heterocycles. The lowest BCUT2D eigenvalue weighted by Gasteiger charge is -2.26. The molecule has 3 rings (SSSR count). The van der Waals surface area contributed by atoms with Gasteiger partial charge >= 0.3 is 0 Å². The molecule has 1 heterocycles. The van der Waals surface area contributed by atoms with Gasteiger partial charge in [0.25, 0.3) is 0 Å². The van der Waals surface area contributed by atoms with Gasteiger partial charge in [-0.15, -0.1) is 11.8 Å². The highest BCUT2D eigenvalue weighted by Crippen LogP contribution is 2.45. The van der Waals surface area contributed by atoms with Gasteiger partial charge in [-0.1, -0.05) is 23.7 Å². The van der Waals surface area contributed by atoms with Gasteiger partial charge < -0.3 is 0 Å². The first kappa shape index (κ1) is 15.4. The van der Waals surface area contributed by atoms with E-state index in [1.807, 2.05) is 32.0 Å². The van der Waals surface area contributed by atoms with E-state index in [-0.39, 0.29) is 11.7 Å². The van der Waals surface area contributed by atoms with E-state index in [1.165, 1.54) is 17.8 Å². The van der Waals surface area contributed by atoms with Crippen LogP contribution in [0.1, 0.15) is 22.1 Å². The summed E-state index contributed by atoms with van der Waals surface area (Å²) in [5.74, 6) is -0.0893. The summed E-state index contributed by atoms with van der Waals surface area (Å²) in [6.07, 6.45) is 0. The van der Waals surface area contributed by atoms with Gasteiger partial charge in [-0.3, -0.25) is 9.69 Å². The summed E-state index contributed by atoms with van der Waals surface area (Å²) < 4.78 is 14.2. The number of rotatable bonds is 2. The average molecular weight is 336 g/mol. The Morgan fingerprint density at radius 2 is 2.00 bits per heavy atom. The van der Waals surface area contributed by atoms with Gasteiger partial charge in [0.05, 0.1) is 5.75 Å². The predicted octanol–water partition coefficient (Wildman–Crippen LogP) is 4.87. The standard InChI is InChI=1S/C17H15ClFNOS/c1-10-6-7-12(8-11(10)2)20-15(21)9-22-17(20)16-13(18)4-3-5-14(16)19/h3-8,17H,9H2,1-2H3. The van der Waals surface area contributed by atoms with Crippen LogP contribution in [0.25, 0.3) is 0 Å². The average Bonchev–Trinajstić information content (AvgIpc) is 2.84. The van der Waals surface area contributed by atoms with Crippen molar-refractivity contribution >= 4 is 35.0 Å². The van der Waals surface area contributed by atoms with Crippen molar-refractivity contribution in [2.24, 2.45) is 0 Å². The third-order valence-electron chi connectivity index (χ3n) is 3.88. The van der Waals surface area contributed by atoms with Crippen LogP contribution in [0.4, 0.5) is 10.1 Å². The Hall–Kier alpha value is -1.52. The Bertz CT molecular complexity index is 729. The van der Waals surface area contributed by atoms with E-state index in [2.05, 4.69) is 0 Å². The maximum absolute atomic E-state index is 14.2. The number of thioether (sulfide) groups is 1. The monoisotopic (exact) mass is 335 g/mol. The molecule has 1 aliphatic rings. The summed E-state index contributed by atoms with van der Waals surface area (Å²) in [7, 11) is 0. The van der Waals surface area contributed by atoms with Crippen molar-refractivity contribution < 1.29 is 9.18 Å². The number of hydrogen-bond acceptors (Lipinski definition) is 2. The summed E-state index contributed by atoms with van der Waals surface area (Å²) >= 11 is 7.57. The van der Waals surface area contributed by atoms with Gasteiger partial charge in [-0.05, 0) is 49.2 Å². The molecule has 2 nitrogen and oxygen atoms in total. The molecule has 1 amide bonds. The highest BCUT2D eigenvalue weighted by molar-refractivity contribution is 8.00. The summed E-state index contributed by atoms with van der Waals surface area (Å²) in [4.78, 5) is 14.0. The molecule has 2 aromatic carbocycles. The fraction of sp³-hybridized carbons (Fsp3) is 0.235. The zero-order valence-corrected chi connectivity index (χ0v) is 13.8. The number of amides is 1. The lowest BCUT2D eigenvalue weighted by Crippen LogP contribution is -2.28. The fourth-order valence-corrected chi connectivity index (χ4v) is 4.10. The molecular weight excluding hydrogens is 321 g/mol. The Kier molecular flexibility index (Phi) is 4.15. The van der Waals surface area contributed by atoms with E-state index in [0.717, 1.165) is 16.8 Å². The van der Waals surface area contributed by atoms with Gasteiger partial charge in [0.1, 0.15) is 11.2 Å². The Morgan fingerprint density at radius 3 is 2.68 bits per heavy atom. The van der Waals surface area contributed by atoms with Crippen LogP contribution < -0.4 is 4.90 Å². The largest absolute Gasteiger partial charge is 0.295 e. The summed E-state index contributed by atoms with van der Waals surface area (Å²) in [6, 6.07) is 10.4. The van der Waals surface area contributed by atoms with Crippen LogP contribution in [0.5, 0.6) is 0 Å². The second-order valence-corrected chi connectivity index (χ2v) is 6.81. The molecule has 5 heteroatoms. The molecular formula is C17H15ClFNOS. The molecule has 1 saturated heterocycles. The van der Waals surface area contributed by atoms with Gasteiger partial charge in [0.15, 0.2) is 0 Å². The maximum Gasteiger partial charge on any atom is 0.238 e. The lowest BCUT2D eigenvalue weighted by atomic mass is 10.1. The normalized spacial score (nSPS) is 18.1. The number of halogens is 2. The molecule has 114 valence electrons. The van der Waals surface area contributed by atoms with Crippen LogP contribution in [-0.2, 0) is 4.79 Å². The van der Waals surface area contributed by atoms with Crippen molar-refractivity contribution in [1.82, 2.24) is 0 Å². The predicted molar refractivity (Wildman–Crippen MR) is 90.0 cm³/mol. The SMILES string of the molecule is Cc1ccc(N2C(=O)CSC2c2c(F)cccc2Cl)cc1C. The zero-order valence-electron chi connectivity index (χ0n) is 12.3. The first-order valence-electron chi connectivity index (χ1n) is 6.94. The molecule has 0 aliphatic carbocycles. The van der Waals surface area contributed by atoms with Crippen molar-refractivity contribution in [3.8, 4) is 0 Å². The van der Waals surface area contributed by atoms with Gasteiger partial charge in [0.2, 0.25) is 5.91 Å². The van der Waals surface area contributed by atoms with Crippen LogP contribution in [0.15, 0.2) is 36.4 Å². The molecule has 0 saturated carbocycles. The number of aryl methyl sites for hydroxylation is 2. The number of benzene rings is 2. The zero-order chi connectivity index (χ0) is 15.9. The minimum atomic E-state index is -0.427. The molecule has 0 spiro atoms. The Balaban J connectivity index is 2.08. The van der Waals surface area contributed by atoms with Gasteiger partial charge in [-0.2, -0.15) is 0 Å². The molecule has 0 aromatic heterocycles. The van der Waals surface area contributed by atoms with Gasteiger partial charge in [0, 0.05) is 16.3 Å². The smallest absolute Gasteiger partial charge is 0.238 e. The van der Waals surface area contributed by atoms with E-state index in [0.29, 0.717) is 16.3 Å². The summed E-state index contributed by atoms with van der Waals surface area (Å²) in [5.41, 5.74) is 3.41. The highest BCUT2D eigenvalue weighted by Gasteiger charge is 2.36. The van der Waals surface area contributed by atoms with Crippen molar-refractivity contribution in [2.45, 2.75) is 19.2 Å². The van der Waals surface area contributed by atoms with Crippen molar-refractivity contribution in [3.63, 3.8) is 0 Å². The minimum Gasteiger partial charge on any atom is -0.295 e. The molecule has 0 radical (unpaired) electrons. The van der Waals surface area contributed by atoms with Crippen LogP contribution in [0.3, 0.4) is 0 Å². The third kappa shape index (κ3) is 2.61. The summed E-state index contributed by atoms with van der Waals surface area (Å²) in [6.45, 7) is 4.02.